The van der Waals surface area contributed by atoms with Gasteiger partial charge >= 0.3 is 0 Å². The number of hydrogen-bond acceptors (Lipinski definition) is 1. The Hall–Kier alpha value is -2.39. The summed E-state index contributed by atoms with van der Waals surface area (Å²) in [5, 5.41) is 0. The molecule has 0 atom stereocenters. The number of halogens is 1. The Balaban J connectivity index is 1.94. The van der Waals surface area contributed by atoms with Gasteiger partial charge < -0.3 is 4.57 Å². The van der Waals surface area contributed by atoms with E-state index < -0.39 is 0 Å². The third-order valence-electron chi connectivity index (χ3n) is 4.04. The number of ketones is 1. The van der Waals surface area contributed by atoms with E-state index in [9.17, 15) is 4.79 Å². The van der Waals surface area contributed by atoms with Crippen LogP contribution in [-0.2, 0) is 0 Å². The highest BCUT2D eigenvalue weighted by atomic mass is 79.9. The third-order valence-corrected chi connectivity index (χ3v) is 4.71. The lowest BCUT2D eigenvalue weighted by Crippen LogP contribution is -2.00. The van der Waals surface area contributed by atoms with Gasteiger partial charge in [-0.2, -0.15) is 0 Å². The lowest BCUT2D eigenvalue weighted by atomic mass is 10.1. The highest BCUT2D eigenvalue weighted by Crippen LogP contribution is 2.27. The van der Waals surface area contributed by atoms with E-state index in [1.54, 1.807) is 6.08 Å². The predicted molar refractivity (Wildman–Crippen MR) is 103 cm³/mol. The molecule has 0 saturated heterocycles. The lowest BCUT2D eigenvalue weighted by Gasteiger charge is -2.11. The second-order valence-electron chi connectivity index (χ2n) is 5.68. The van der Waals surface area contributed by atoms with Crippen molar-refractivity contribution in [1.82, 2.24) is 4.57 Å². The first-order valence-electron chi connectivity index (χ1n) is 7.79. The van der Waals surface area contributed by atoms with Crippen LogP contribution in [0.15, 0.2) is 71.2 Å². The fourth-order valence-corrected chi connectivity index (χ4v) is 3.29. The molecule has 120 valence electrons. The zero-order valence-corrected chi connectivity index (χ0v) is 15.2. The zero-order chi connectivity index (χ0) is 17.1. The Labute approximate surface area is 150 Å². The van der Waals surface area contributed by atoms with Crippen molar-refractivity contribution < 1.29 is 4.79 Å². The molecule has 0 aliphatic carbocycles. The maximum atomic E-state index is 12.2. The number of rotatable bonds is 4. The number of carbonyl (C=O) groups is 1. The van der Waals surface area contributed by atoms with Gasteiger partial charge in [-0.05, 0) is 65.7 Å². The summed E-state index contributed by atoms with van der Waals surface area (Å²) in [5.41, 5.74) is 5.09. The summed E-state index contributed by atoms with van der Waals surface area (Å²) in [7, 11) is 0. The van der Waals surface area contributed by atoms with Crippen LogP contribution in [0.1, 0.15) is 27.3 Å². The van der Waals surface area contributed by atoms with E-state index in [-0.39, 0.29) is 5.78 Å². The summed E-state index contributed by atoms with van der Waals surface area (Å²) in [5.74, 6) is 0.0151. The van der Waals surface area contributed by atoms with Gasteiger partial charge in [-0.3, -0.25) is 4.79 Å². The van der Waals surface area contributed by atoms with Crippen LogP contribution in [0.25, 0.3) is 11.8 Å². The molecule has 0 amide bonds. The van der Waals surface area contributed by atoms with Crippen LogP contribution < -0.4 is 0 Å². The van der Waals surface area contributed by atoms with Gasteiger partial charge in [0.2, 0.25) is 0 Å². The van der Waals surface area contributed by atoms with E-state index in [2.05, 4.69) is 46.5 Å². The number of allylic oxidation sites excluding steroid dienone is 1. The van der Waals surface area contributed by atoms with E-state index in [0.29, 0.717) is 5.56 Å². The van der Waals surface area contributed by atoms with E-state index in [4.69, 9.17) is 0 Å². The van der Waals surface area contributed by atoms with Gasteiger partial charge in [-0.25, -0.2) is 0 Å². The zero-order valence-electron chi connectivity index (χ0n) is 13.7. The first kappa shape index (κ1) is 16.5. The minimum atomic E-state index is 0.0151. The van der Waals surface area contributed by atoms with Crippen LogP contribution >= 0.6 is 15.9 Å². The Morgan fingerprint density at radius 1 is 1.00 bits per heavy atom. The summed E-state index contributed by atoms with van der Waals surface area (Å²) >= 11 is 3.61. The highest BCUT2D eigenvalue weighted by Gasteiger charge is 2.11. The largest absolute Gasteiger partial charge is 0.317 e. The van der Waals surface area contributed by atoms with Crippen molar-refractivity contribution in [3.05, 3.63) is 93.7 Å². The highest BCUT2D eigenvalue weighted by molar-refractivity contribution is 9.10. The number of aryl methyl sites for hydroxylation is 1. The van der Waals surface area contributed by atoms with Gasteiger partial charge in [0.1, 0.15) is 0 Å². The molecule has 0 spiro atoms. The van der Waals surface area contributed by atoms with Crippen molar-refractivity contribution in [3.63, 3.8) is 0 Å². The summed E-state index contributed by atoms with van der Waals surface area (Å²) in [6.45, 7) is 4.14. The van der Waals surface area contributed by atoms with Gasteiger partial charge in [-0.1, -0.05) is 42.5 Å². The molecule has 0 N–H and O–H groups in total. The summed E-state index contributed by atoms with van der Waals surface area (Å²) in [6.07, 6.45) is 3.53. The number of aromatic nitrogens is 1. The van der Waals surface area contributed by atoms with E-state index in [1.807, 2.05) is 54.6 Å². The molecule has 0 unspecified atom stereocenters. The molecule has 0 aliphatic rings. The van der Waals surface area contributed by atoms with Crippen LogP contribution in [0.4, 0.5) is 0 Å². The lowest BCUT2D eigenvalue weighted by molar-refractivity contribution is 0.104. The van der Waals surface area contributed by atoms with Gasteiger partial charge in [0.05, 0.1) is 5.69 Å². The fourth-order valence-electron chi connectivity index (χ4n) is 2.82. The van der Waals surface area contributed by atoms with Crippen molar-refractivity contribution in [2.24, 2.45) is 0 Å². The second kappa shape index (κ2) is 7.02. The Morgan fingerprint density at radius 2 is 1.67 bits per heavy atom. The van der Waals surface area contributed by atoms with Gasteiger partial charge in [0.25, 0.3) is 0 Å². The maximum absolute atomic E-state index is 12.2. The Bertz CT molecular complexity index is 907. The number of nitrogens with zero attached hydrogens (tertiary/aromatic N) is 1. The first-order valence-corrected chi connectivity index (χ1v) is 8.58. The van der Waals surface area contributed by atoms with Gasteiger partial charge in [0.15, 0.2) is 5.78 Å². The van der Waals surface area contributed by atoms with Crippen molar-refractivity contribution in [2.75, 3.05) is 0 Å². The minimum Gasteiger partial charge on any atom is -0.317 e. The number of para-hydroxylation sites is 1. The number of carbonyl (C=O) groups excluding carboxylic acids is 1. The fraction of sp³-hybridized carbons (Fsp3) is 0.0952. The van der Waals surface area contributed by atoms with Crippen LogP contribution in [0.5, 0.6) is 0 Å². The number of benzene rings is 2. The SMILES string of the molecule is Cc1cc(/C=C/C(=O)c2ccccc2)c(C)n1-c1ccccc1Br. The summed E-state index contributed by atoms with van der Waals surface area (Å²) in [4.78, 5) is 12.2. The molecule has 1 heterocycles. The standard InChI is InChI=1S/C21H18BrNO/c1-15-14-18(12-13-21(24)17-8-4-3-5-9-17)16(2)23(15)20-11-7-6-10-19(20)22/h3-14H,1-2H3/b13-12+. The molecule has 2 nitrogen and oxygen atoms in total. The molecule has 3 heteroatoms. The molecule has 3 rings (SSSR count). The van der Waals surface area contributed by atoms with Crippen molar-refractivity contribution in [1.29, 1.82) is 0 Å². The van der Waals surface area contributed by atoms with Crippen LogP contribution in [0.3, 0.4) is 0 Å². The third kappa shape index (κ3) is 3.26. The van der Waals surface area contributed by atoms with Crippen molar-refractivity contribution >= 4 is 27.8 Å². The quantitative estimate of drug-likeness (QED) is 0.417. The van der Waals surface area contributed by atoms with Crippen LogP contribution in [-0.4, -0.2) is 10.4 Å². The maximum Gasteiger partial charge on any atom is 0.185 e. The Morgan fingerprint density at radius 3 is 2.38 bits per heavy atom. The minimum absolute atomic E-state index is 0.0151. The molecule has 0 radical (unpaired) electrons. The summed E-state index contributed by atoms with van der Waals surface area (Å²) in [6, 6.07) is 19.5. The average Bonchev–Trinajstić information content (AvgIpc) is 2.88. The van der Waals surface area contributed by atoms with Crippen LogP contribution in [0.2, 0.25) is 0 Å². The van der Waals surface area contributed by atoms with E-state index in [0.717, 1.165) is 27.1 Å². The Kier molecular flexibility index (Phi) is 4.81. The summed E-state index contributed by atoms with van der Waals surface area (Å²) < 4.78 is 3.24. The van der Waals surface area contributed by atoms with E-state index in [1.165, 1.54) is 0 Å². The molecular weight excluding hydrogens is 362 g/mol. The van der Waals surface area contributed by atoms with E-state index >= 15 is 0 Å². The number of hydrogen-bond donors (Lipinski definition) is 0. The van der Waals surface area contributed by atoms with Crippen molar-refractivity contribution in [3.8, 4) is 5.69 Å². The predicted octanol–water partition coefficient (Wildman–Crippen LogP) is 5.75. The molecule has 0 fully saturated rings. The molecular formula is C21H18BrNO. The van der Waals surface area contributed by atoms with Crippen molar-refractivity contribution in [2.45, 2.75) is 13.8 Å². The topological polar surface area (TPSA) is 22.0 Å². The van der Waals surface area contributed by atoms with Crippen LogP contribution in [0, 0.1) is 13.8 Å². The normalized spacial score (nSPS) is 11.1. The monoisotopic (exact) mass is 379 g/mol. The smallest absolute Gasteiger partial charge is 0.185 e. The van der Waals surface area contributed by atoms with Gasteiger partial charge in [0, 0.05) is 21.4 Å². The molecule has 24 heavy (non-hydrogen) atoms. The molecule has 0 bridgehead atoms. The van der Waals surface area contributed by atoms with Gasteiger partial charge in [-0.15, -0.1) is 0 Å². The first-order chi connectivity index (χ1) is 11.6. The average molecular weight is 380 g/mol. The molecule has 3 aromatic rings. The molecule has 1 aromatic heterocycles. The molecule has 0 saturated carbocycles. The molecule has 0 aliphatic heterocycles. The molecule has 2 aromatic carbocycles. The second-order valence-corrected chi connectivity index (χ2v) is 6.53.